The molecule has 0 bridgehead atoms. The van der Waals surface area contributed by atoms with Gasteiger partial charge in [0, 0.05) is 12.3 Å². The van der Waals surface area contributed by atoms with E-state index in [1.165, 1.54) is 11.3 Å². The van der Waals surface area contributed by atoms with Gasteiger partial charge >= 0.3 is 12.1 Å². The number of hydrogen-bond acceptors (Lipinski definition) is 5. The van der Waals surface area contributed by atoms with Crippen molar-refractivity contribution in [2.24, 2.45) is 0 Å². The van der Waals surface area contributed by atoms with E-state index in [0.29, 0.717) is 4.88 Å². The number of carbonyl (C=O) groups excluding carboxylic acids is 2. The Balaban J connectivity index is 1.41. The minimum atomic E-state index is -1.37. The second-order valence-corrected chi connectivity index (χ2v) is 9.55. The predicted octanol–water partition coefficient (Wildman–Crippen LogP) is 5.08. The average Bonchev–Trinajstić information content (AvgIpc) is 3.33. The van der Waals surface area contributed by atoms with Gasteiger partial charge in [-0.25, -0.2) is 9.59 Å². The highest BCUT2D eigenvalue weighted by Crippen LogP contribution is 2.44. The van der Waals surface area contributed by atoms with Crippen LogP contribution in [0.3, 0.4) is 0 Å². The van der Waals surface area contributed by atoms with Crippen LogP contribution in [0.4, 0.5) is 4.79 Å². The normalized spacial score (nSPS) is 13.2. The van der Waals surface area contributed by atoms with Crippen molar-refractivity contribution in [1.82, 2.24) is 5.32 Å². The minimum absolute atomic E-state index is 0.0675. The maximum atomic E-state index is 12.3. The molecule has 31 heavy (non-hydrogen) atoms. The standard InChI is InChI=1S/C23H18BrNO5S/c24-21-10-9-20(31-21)19(26)11-18(22(27)28)25-23(29)30-12-17-15-7-3-1-5-13(15)14-6-2-4-8-16(14)17/h1-10,17-18H,11-12H2,(H,25,29)(H,27,28). The maximum absolute atomic E-state index is 12.3. The molecule has 1 aromatic heterocycles. The zero-order valence-corrected chi connectivity index (χ0v) is 18.6. The first-order valence-corrected chi connectivity index (χ1v) is 11.2. The summed E-state index contributed by atoms with van der Waals surface area (Å²) in [5, 5.41) is 11.7. The summed E-state index contributed by atoms with van der Waals surface area (Å²) >= 11 is 4.48. The van der Waals surface area contributed by atoms with Gasteiger partial charge < -0.3 is 15.2 Å². The molecule has 8 heteroatoms. The molecule has 4 rings (SSSR count). The number of halogens is 1. The Labute approximate surface area is 191 Å². The van der Waals surface area contributed by atoms with Gasteiger partial charge in [0.25, 0.3) is 0 Å². The number of Topliss-reactive ketones (excluding diaryl/α,β-unsaturated/α-hetero) is 1. The highest BCUT2D eigenvalue weighted by atomic mass is 79.9. The maximum Gasteiger partial charge on any atom is 0.407 e. The number of amides is 1. The van der Waals surface area contributed by atoms with Crippen LogP contribution in [-0.2, 0) is 9.53 Å². The zero-order chi connectivity index (χ0) is 22.0. The fraction of sp³-hybridized carbons (Fsp3) is 0.174. The first-order chi connectivity index (χ1) is 14.9. The lowest BCUT2D eigenvalue weighted by Crippen LogP contribution is -2.42. The molecule has 2 N–H and O–H groups in total. The molecule has 3 aromatic rings. The fourth-order valence-electron chi connectivity index (χ4n) is 3.73. The number of ether oxygens (including phenoxy) is 1. The molecule has 1 aliphatic carbocycles. The van der Waals surface area contributed by atoms with E-state index in [4.69, 9.17) is 4.74 Å². The van der Waals surface area contributed by atoms with Crippen molar-refractivity contribution in [3.05, 3.63) is 80.5 Å². The third-order valence-electron chi connectivity index (χ3n) is 5.17. The molecule has 0 saturated heterocycles. The molecule has 0 radical (unpaired) electrons. The number of thiophene rings is 1. The van der Waals surface area contributed by atoms with Gasteiger partial charge in [-0.15, -0.1) is 11.3 Å². The van der Waals surface area contributed by atoms with E-state index in [2.05, 4.69) is 21.2 Å². The Hall–Kier alpha value is -2.97. The van der Waals surface area contributed by atoms with Crippen LogP contribution in [0.15, 0.2) is 64.5 Å². The summed E-state index contributed by atoms with van der Waals surface area (Å²) in [5.41, 5.74) is 4.32. The van der Waals surface area contributed by atoms with Gasteiger partial charge in [0.2, 0.25) is 0 Å². The second kappa shape index (κ2) is 9.03. The Morgan fingerprint density at radius 3 is 2.16 bits per heavy atom. The number of alkyl carbamates (subject to hydrolysis) is 1. The van der Waals surface area contributed by atoms with Gasteiger partial charge in [-0.2, -0.15) is 0 Å². The SMILES string of the molecule is O=C(NC(CC(=O)c1ccc(Br)s1)C(=O)O)OCC1c2ccccc2-c2ccccc21. The second-order valence-electron chi connectivity index (χ2n) is 7.09. The molecule has 2 aromatic carbocycles. The summed E-state index contributed by atoms with van der Waals surface area (Å²) in [7, 11) is 0. The van der Waals surface area contributed by atoms with Gasteiger partial charge in [-0.3, -0.25) is 4.79 Å². The first-order valence-electron chi connectivity index (χ1n) is 9.57. The monoisotopic (exact) mass is 499 g/mol. The smallest absolute Gasteiger partial charge is 0.407 e. The van der Waals surface area contributed by atoms with Gasteiger partial charge in [-0.05, 0) is 50.3 Å². The van der Waals surface area contributed by atoms with Crippen LogP contribution < -0.4 is 5.32 Å². The Morgan fingerprint density at radius 2 is 1.61 bits per heavy atom. The number of carboxylic acids is 1. The minimum Gasteiger partial charge on any atom is -0.480 e. The molecule has 1 amide bonds. The van der Waals surface area contributed by atoms with Crippen LogP contribution in [0.25, 0.3) is 11.1 Å². The topological polar surface area (TPSA) is 92.7 Å². The lowest BCUT2D eigenvalue weighted by atomic mass is 9.98. The number of benzene rings is 2. The molecule has 1 heterocycles. The van der Waals surface area contributed by atoms with Gasteiger partial charge in [0.05, 0.1) is 8.66 Å². The van der Waals surface area contributed by atoms with Gasteiger partial charge in [0.15, 0.2) is 5.78 Å². The van der Waals surface area contributed by atoms with E-state index in [1.54, 1.807) is 12.1 Å². The van der Waals surface area contributed by atoms with Crippen molar-refractivity contribution >= 4 is 45.1 Å². The largest absolute Gasteiger partial charge is 0.480 e. The summed E-state index contributed by atoms with van der Waals surface area (Å²) in [6, 6.07) is 17.8. The van der Waals surface area contributed by atoms with Crippen LogP contribution in [0.5, 0.6) is 0 Å². The summed E-state index contributed by atoms with van der Waals surface area (Å²) in [6.07, 6.45) is -1.22. The summed E-state index contributed by atoms with van der Waals surface area (Å²) in [4.78, 5) is 36.7. The molecule has 0 spiro atoms. The lowest BCUT2D eigenvalue weighted by Gasteiger charge is -2.17. The molecule has 1 unspecified atom stereocenters. The molecule has 0 saturated carbocycles. The Kier molecular flexibility index (Phi) is 6.20. The molecule has 1 aliphatic rings. The van der Waals surface area contributed by atoms with Crippen LogP contribution in [-0.4, -0.2) is 35.6 Å². The number of carboxylic acid groups (broad SMARTS) is 1. The number of fused-ring (bicyclic) bond motifs is 3. The van der Waals surface area contributed by atoms with Crippen molar-refractivity contribution in [2.75, 3.05) is 6.61 Å². The highest BCUT2D eigenvalue weighted by Gasteiger charge is 2.30. The summed E-state index contributed by atoms with van der Waals surface area (Å²) in [6.45, 7) is 0.0675. The third kappa shape index (κ3) is 4.55. The highest BCUT2D eigenvalue weighted by molar-refractivity contribution is 9.11. The summed E-state index contributed by atoms with van der Waals surface area (Å²) in [5.74, 6) is -1.79. The predicted molar refractivity (Wildman–Crippen MR) is 121 cm³/mol. The molecule has 1 atom stereocenters. The first kappa shape index (κ1) is 21.3. The molecular weight excluding hydrogens is 482 g/mol. The lowest BCUT2D eigenvalue weighted by molar-refractivity contribution is -0.139. The van der Waals surface area contributed by atoms with Crippen molar-refractivity contribution in [3.63, 3.8) is 0 Å². The number of carbonyl (C=O) groups is 3. The molecule has 0 aliphatic heterocycles. The quantitative estimate of drug-likeness (QED) is 0.442. The van der Waals surface area contributed by atoms with E-state index in [0.717, 1.165) is 26.0 Å². The Bertz CT molecular complexity index is 1110. The fourth-order valence-corrected chi connectivity index (χ4v) is 5.07. The van der Waals surface area contributed by atoms with Crippen LogP contribution in [0.2, 0.25) is 0 Å². The van der Waals surface area contributed by atoms with E-state index in [-0.39, 0.29) is 24.7 Å². The van der Waals surface area contributed by atoms with Crippen LogP contribution in [0.1, 0.15) is 33.1 Å². The Morgan fingerprint density at radius 1 is 1.00 bits per heavy atom. The number of aliphatic carboxylic acids is 1. The van der Waals surface area contributed by atoms with E-state index in [9.17, 15) is 19.5 Å². The number of nitrogens with one attached hydrogen (secondary N) is 1. The van der Waals surface area contributed by atoms with Crippen molar-refractivity contribution in [3.8, 4) is 11.1 Å². The van der Waals surface area contributed by atoms with E-state index >= 15 is 0 Å². The molecule has 6 nitrogen and oxygen atoms in total. The van der Waals surface area contributed by atoms with Crippen LogP contribution in [0, 0.1) is 0 Å². The van der Waals surface area contributed by atoms with Crippen molar-refractivity contribution in [1.29, 1.82) is 0 Å². The number of ketones is 1. The molecular formula is C23H18BrNO5S. The zero-order valence-electron chi connectivity index (χ0n) is 16.2. The number of hydrogen-bond donors (Lipinski definition) is 2. The van der Waals surface area contributed by atoms with Gasteiger partial charge in [0.1, 0.15) is 12.6 Å². The van der Waals surface area contributed by atoms with Crippen LogP contribution >= 0.6 is 27.3 Å². The molecule has 0 fully saturated rings. The van der Waals surface area contributed by atoms with Gasteiger partial charge in [-0.1, -0.05) is 48.5 Å². The molecule has 158 valence electrons. The van der Waals surface area contributed by atoms with E-state index in [1.807, 2.05) is 48.5 Å². The number of rotatable bonds is 7. The van der Waals surface area contributed by atoms with Crippen molar-refractivity contribution in [2.45, 2.75) is 18.4 Å². The average molecular weight is 500 g/mol. The third-order valence-corrected chi connectivity index (χ3v) is 6.84. The van der Waals surface area contributed by atoms with E-state index < -0.39 is 18.1 Å². The summed E-state index contributed by atoms with van der Waals surface area (Å²) < 4.78 is 6.15. The van der Waals surface area contributed by atoms with Crippen molar-refractivity contribution < 1.29 is 24.2 Å².